The van der Waals surface area contributed by atoms with Crippen molar-refractivity contribution in [3.8, 4) is 6.07 Å². The van der Waals surface area contributed by atoms with E-state index in [2.05, 4.69) is 18.3 Å². The van der Waals surface area contributed by atoms with Crippen molar-refractivity contribution in [2.24, 2.45) is 0 Å². The van der Waals surface area contributed by atoms with Crippen LogP contribution in [0.25, 0.3) is 0 Å². The largest absolute Gasteiger partial charge is 0.385 e. The Balaban J connectivity index is 2.70. The van der Waals surface area contributed by atoms with E-state index >= 15 is 0 Å². The van der Waals surface area contributed by atoms with Crippen LogP contribution in [0.2, 0.25) is 5.02 Å². The zero-order valence-corrected chi connectivity index (χ0v) is 10.2. The van der Waals surface area contributed by atoms with Crippen LogP contribution in [-0.2, 0) is 4.74 Å². The van der Waals surface area contributed by atoms with E-state index in [4.69, 9.17) is 21.6 Å². The van der Waals surface area contributed by atoms with Crippen LogP contribution >= 0.6 is 11.6 Å². The van der Waals surface area contributed by atoms with E-state index in [1.165, 1.54) is 0 Å². The molecule has 0 radical (unpaired) electrons. The van der Waals surface area contributed by atoms with E-state index in [1.54, 1.807) is 19.2 Å². The molecule has 0 bridgehead atoms. The van der Waals surface area contributed by atoms with Gasteiger partial charge < -0.3 is 10.1 Å². The van der Waals surface area contributed by atoms with Crippen LogP contribution in [-0.4, -0.2) is 19.8 Å². The van der Waals surface area contributed by atoms with Gasteiger partial charge in [-0.2, -0.15) is 5.26 Å². The van der Waals surface area contributed by atoms with E-state index in [-0.39, 0.29) is 6.04 Å². The van der Waals surface area contributed by atoms with Gasteiger partial charge in [0.25, 0.3) is 0 Å². The van der Waals surface area contributed by atoms with Crippen molar-refractivity contribution < 1.29 is 4.74 Å². The molecule has 1 atom stereocenters. The maximum absolute atomic E-state index is 8.96. The molecule has 0 aromatic heterocycles. The summed E-state index contributed by atoms with van der Waals surface area (Å²) in [6.45, 7) is 2.75. The molecule has 4 heteroatoms. The Labute approximate surface area is 101 Å². The first kappa shape index (κ1) is 12.8. The highest BCUT2D eigenvalue weighted by atomic mass is 35.5. The number of anilines is 1. The SMILES string of the molecule is COCCC(C)Nc1ccc(Cl)cc1C#N. The second-order valence-corrected chi connectivity index (χ2v) is 4.07. The van der Waals surface area contributed by atoms with E-state index in [0.717, 1.165) is 12.1 Å². The second-order valence-electron chi connectivity index (χ2n) is 3.63. The first-order chi connectivity index (χ1) is 7.67. The maximum atomic E-state index is 8.96. The fraction of sp³-hybridized carbons (Fsp3) is 0.417. The molecule has 3 nitrogen and oxygen atoms in total. The molecule has 0 amide bonds. The molecule has 0 heterocycles. The number of nitriles is 1. The molecule has 1 aromatic carbocycles. The van der Waals surface area contributed by atoms with Crippen LogP contribution in [0.1, 0.15) is 18.9 Å². The molecule has 0 aliphatic rings. The molecule has 1 rings (SSSR count). The van der Waals surface area contributed by atoms with Crippen LogP contribution in [0.4, 0.5) is 5.69 Å². The number of nitrogens with one attached hydrogen (secondary N) is 1. The van der Waals surface area contributed by atoms with Crippen LogP contribution in [0.15, 0.2) is 18.2 Å². The molecule has 0 spiro atoms. The molecule has 1 unspecified atom stereocenters. The Kier molecular flexibility index (Phi) is 5.10. The molecular formula is C12H15ClN2O. The average molecular weight is 239 g/mol. The number of hydrogen-bond donors (Lipinski definition) is 1. The van der Waals surface area contributed by atoms with Gasteiger partial charge in [0.1, 0.15) is 6.07 Å². The fourth-order valence-corrected chi connectivity index (χ4v) is 1.54. The number of halogens is 1. The number of nitrogens with zero attached hydrogens (tertiary/aromatic N) is 1. The Hall–Kier alpha value is -1.24. The maximum Gasteiger partial charge on any atom is 0.101 e. The number of ether oxygens (including phenoxy) is 1. The molecule has 16 heavy (non-hydrogen) atoms. The first-order valence-electron chi connectivity index (χ1n) is 5.12. The van der Waals surface area contributed by atoms with Gasteiger partial charge in [0.05, 0.1) is 11.3 Å². The Morgan fingerprint density at radius 2 is 2.31 bits per heavy atom. The third-order valence-corrected chi connectivity index (χ3v) is 2.49. The van der Waals surface area contributed by atoms with Gasteiger partial charge in [0.2, 0.25) is 0 Å². The molecule has 0 saturated heterocycles. The van der Waals surface area contributed by atoms with Crippen molar-refractivity contribution in [3.63, 3.8) is 0 Å². The minimum atomic E-state index is 0.258. The van der Waals surface area contributed by atoms with Crippen molar-refractivity contribution in [1.29, 1.82) is 5.26 Å². The second kappa shape index (κ2) is 6.37. The molecule has 1 aromatic rings. The molecule has 1 N–H and O–H groups in total. The summed E-state index contributed by atoms with van der Waals surface area (Å²) in [5.41, 5.74) is 1.38. The third kappa shape index (κ3) is 3.73. The van der Waals surface area contributed by atoms with E-state index < -0.39 is 0 Å². The highest BCUT2D eigenvalue weighted by Gasteiger charge is 2.06. The summed E-state index contributed by atoms with van der Waals surface area (Å²) >= 11 is 5.82. The monoisotopic (exact) mass is 238 g/mol. The lowest BCUT2D eigenvalue weighted by atomic mass is 10.1. The first-order valence-corrected chi connectivity index (χ1v) is 5.50. The third-order valence-electron chi connectivity index (χ3n) is 2.26. The normalized spacial score (nSPS) is 11.9. The number of methoxy groups -OCH3 is 1. The van der Waals surface area contributed by atoms with Gasteiger partial charge >= 0.3 is 0 Å². The van der Waals surface area contributed by atoms with Crippen molar-refractivity contribution in [3.05, 3.63) is 28.8 Å². The summed E-state index contributed by atoms with van der Waals surface area (Å²) < 4.78 is 5.00. The van der Waals surface area contributed by atoms with Gasteiger partial charge in [-0.3, -0.25) is 0 Å². The smallest absolute Gasteiger partial charge is 0.101 e. The van der Waals surface area contributed by atoms with Crippen LogP contribution in [0, 0.1) is 11.3 Å². The van der Waals surface area contributed by atoms with Crippen LogP contribution < -0.4 is 5.32 Å². The van der Waals surface area contributed by atoms with E-state index in [0.29, 0.717) is 17.2 Å². The highest BCUT2D eigenvalue weighted by molar-refractivity contribution is 6.30. The van der Waals surface area contributed by atoms with Gasteiger partial charge in [0.15, 0.2) is 0 Å². The lowest BCUT2D eigenvalue weighted by Crippen LogP contribution is -2.17. The summed E-state index contributed by atoms with van der Waals surface area (Å²) in [6, 6.07) is 7.63. The van der Waals surface area contributed by atoms with Gasteiger partial charge in [0, 0.05) is 24.8 Å². The fourth-order valence-electron chi connectivity index (χ4n) is 1.37. The van der Waals surface area contributed by atoms with E-state index in [1.807, 2.05) is 6.07 Å². The number of hydrogen-bond acceptors (Lipinski definition) is 3. The standard InChI is InChI=1S/C12H15ClN2O/c1-9(5-6-16-2)15-12-4-3-11(13)7-10(12)8-14/h3-4,7,9,15H,5-6H2,1-2H3. The summed E-state index contributed by atoms with van der Waals surface area (Å²) in [4.78, 5) is 0. The van der Waals surface area contributed by atoms with Gasteiger partial charge in [-0.25, -0.2) is 0 Å². The molecule has 0 saturated carbocycles. The molecule has 0 fully saturated rings. The van der Waals surface area contributed by atoms with Crippen LogP contribution in [0.5, 0.6) is 0 Å². The summed E-state index contributed by atoms with van der Waals surface area (Å²) in [5, 5.41) is 12.8. The molecule has 86 valence electrons. The highest BCUT2D eigenvalue weighted by Crippen LogP contribution is 2.20. The minimum Gasteiger partial charge on any atom is -0.385 e. The lowest BCUT2D eigenvalue weighted by Gasteiger charge is -2.15. The molecular weight excluding hydrogens is 224 g/mol. The van der Waals surface area contributed by atoms with E-state index in [9.17, 15) is 0 Å². The Morgan fingerprint density at radius 3 is 2.94 bits per heavy atom. The van der Waals surface area contributed by atoms with Crippen molar-refractivity contribution in [2.75, 3.05) is 19.0 Å². The predicted octanol–water partition coefficient (Wildman–Crippen LogP) is 3.05. The zero-order valence-electron chi connectivity index (χ0n) is 9.46. The summed E-state index contributed by atoms with van der Waals surface area (Å²) in [5.74, 6) is 0. The lowest BCUT2D eigenvalue weighted by molar-refractivity contribution is 0.191. The average Bonchev–Trinajstić information content (AvgIpc) is 2.28. The van der Waals surface area contributed by atoms with Crippen LogP contribution in [0.3, 0.4) is 0 Å². The Morgan fingerprint density at radius 1 is 1.56 bits per heavy atom. The minimum absolute atomic E-state index is 0.258. The molecule has 0 aliphatic carbocycles. The van der Waals surface area contributed by atoms with Crippen molar-refractivity contribution in [1.82, 2.24) is 0 Å². The summed E-state index contributed by atoms with van der Waals surface area (Å²) in [7, 11) is 1.68. The quantitative estimate of drug-likeness (QED) is 0.858. The topological polar surface area (TPSA) is 45.0 Å². The zero-order chi connectivity index (χ0) is 12.0. The number of benzene rings is 1. The van der Waals surface area contributed by atoms with Crippen molar-refractivity contribution in [2.45, 2.75) is 19.4 Å². The Bertz CT molecular complexity index is 387. The number of rotatable bonds is 5. The van der Waals surface area contributed by atoms with Gasteiger partial charge in [-0.05, 0) is 31.5 Å². The summed E-state index contributed by atoms with van der Waals surface area (Å²) in [6.07, 6.45) is 0.893. The van der Waals surface area contributed by atoms with Gasteiger partial charge in [-0.1, -0.05) is 11.6 Å². The van der Waals surface area contributed by atoms with Gasteiger partial charge in [-0.15, -0.1) is 0 Å². The molecule has 0 aliphatic heterocycles. The predicted molar refractivity (Wildman–Crippen MR) is 65.7 cm³/mol. The van der Waals surface area contributed by atoms with Crippen molar-refractivity contribution >= 4 is 17.3 Å².